The molecule has 1 fully saturated rings. The maximum absolute atomic E-state index is 13.8. The normalized spacial score (nSPS) is 18.2. The zero-order valence-electron chi connectivity index (χ0n) is 25.4. The summed E-state index contributed by atoms with van der Waals surface area (Å²) in [5.74, 6) is -0.152. The molecule has 0 unspecified atom stereocenters. The molecule has 1 amide bonds. The molecule has 0 radical (unpaired) electrons. The number of carbonyl (C=O) groups is 2. The van der Waals surface area contributed by atoms with Gasteiger partial charge in [0.1, 0.15) is 30.0 Å². The van der Waals surface area contributed by atoms with Gasteiger partial charge in [-0.1, -0.05) is 94.8 Å². The number of carbonyl (C=O) groups excluding carboxylic acids is 2. The zero-order chi connectivity index (χ0) is 33.4. The molecule has 48 heavy (non-hydrogen) atoms. The summed E-state index contributed by atoms with van der Waals surface area (Å²) >= 11 is 15.0. The lowest BCUT2D eigenvalue weighted by Gasteiger charge is -2.23. The molecule has 1 N–H and O–H groups in total. The fraction of sp³-hybridized carbons (Fsp3) is 0.167. The summed E-state index contributed by atoms with van der Waals surface area (Å²) in [6, 6.07) is 26.5. The monoisotopic (exact) mass is 715 g/mol. The van der Waals surface area contributed by atoms with Crippen LogP contribution >= 0.6 is 46.3 Å². The minimum Gasteiger partial charge on any atom is -0.507 e. The van der Waals surface area contributed by atoms with Crippen molar-refractivity contribution in [3.05, 3.63) is 134 Å². The van der Waals surface area contributed by atoms with Crippen LogP contribution in [0, 0.1) is 0 Å². The van der Waals surface area contributed by atoms with Crippen molar-refractivity contribution in [1.29, 1.82) is 0 Å². The SMILES string of the molecule is C[C@H]1Cc2cc(C(O)=C3C(=O)C(=O)N(c4nnc(SCc5ccc(Cl)cc5Cl)s4)[C@H]3c3cccc(OCc4ccccc4)c3)ccc2O1. The van der Waals surface area contributed by atoms with E-state index >= 15 is 0 Å². The Morgan fingerprint density at radius 3 is 2.67 bits per heavy atom. The van der Waals surface area contributed by atoms with Crippen molar-refractivity contribution in [2.75, 3.05) is 4.90 Å². The van der Waals surface area contributed by atoms with Crippen LogP contribution in [0.25, 0.3) is 5.76 Å². The number of amides is 1. The summed E-state index contributed by atoms with van der Waals surface area (Å²) < 4.78 is 12.5. The third-order valence-electron chi connectivity index (χ3n) is 8.00. The van der Waals surface area contributed by atoms with Gasteiger partial charge in [0.2, 0.25) is 5.13 Å². The quantitative estimate of drug-likeness (QED) is 0.0532. The van der Waals surface area contributed by atoms with E-state index in [-0.39, 0.29) is 22.6 Å². The highest BCUT2D eigenvalue weighted by molar-refractivity contribution is 8.00. The number of ketones is 1. The number of fused-ring (bicyclic) bond motifs is 1. The van der Waals surface area contributed by atoms with Gasteiger partial charge in [-0.2, -0.15) is 0 Å². The summed E-state index contributed by atoms with van der Waals surface area (Å²) in [5.41, 5.74) is 3.70. The Hall–Kier alpha value is -4.35. The number of halogens is 2. The molecule has 3 heterocycles. The van der Waals surface area contributed by atoms with Crippen LogP contribution in [0.1, 0.15) is 40.8 Å². The van der Waals surface area contributed by atoms with E-state index in [2.05, 4.69) is 10.2 Å². The molecule has 2 aliphatic rings. The van der Waals surface area contributed by atoms with Crippen molar-refractivity contribution in [3.8, 4) is 11.5 Å². The molecule has 5 aromatic rings. The van der Waals surface area contributed by atoms with E-state index in [1.54, 1.807) is 48.5 Å². The molecule has 2 aliphatic heterocycles. The topological polar surface area (TPSA) is 102 Å². The van der Waals surface area contributed by atoms with Gasteiger partial charge in [0.15, 0.2) is 4.34 Å². The van der Waals surface area contributed by atoms with Crippen LogP contribution in [-0.2, 0) is 28.4 Å². The second-order valence-corrected chi connectivity index (χ2v) is 14.4. The van der Waals surface area contributed by atoms with Gasteiger partial charge >= 0.3 is 5.91 Å². The Kier molecular flexibility index (Phi) is 9.15. The van der Waals surface area contributed by atoms with Gasteiger partial charge in [0.05, 0.1) is 11.6 Å². The van der Waals surface area contributed by atoms with Crippen LogP contribution < -0.4 is 14.4 Å². The Morgan fingerprint density at radius 1 is 1.02 bits per heavy atom. The largest absolute Gasteiger partial charge is 0.507 e. The Labute approximate surface area is 294 Å². The first-order chi connectivity index (χ1) is 23.2. The van der Waals surface area contributed by atoms with Gasteiger partial charge in [0.25, 0.3) is 5.78 Å². The second-order valence-electron chi connectivity index (χ2n) is 11.3. The first kappa shape index (κ1) is 32.2. The average molecular weight is 717 g/mol. The molecular weight excluding hydrogens is 689 g/mol. The van der Waals surface area contributed by atoms with Crippen LogP contribution in [0.2, 0.25) is 10.0 Å². The Bertz CT molecular complexity index is 2070. The number of rotatable bonds is 9. The van der Waals surface area contributed by atoms with Crippen molar-refractivity contribution in [1.82, 2.24) is 10.2 Å². The summed E-state index contributed by atoms with van der Waals surface area (Å²) in [5, 5.41) is 21.7. The van der Waals surface area contributed by atoms with E-state index in [1.165, 1.54) is 28.0 Å². The molecule has 2 atom stereocenters. The molecule has 0 bridgehead atoms. The lowest BCUT2D eigenvalue weighted by atomic mass is 9.94. The summed E-state index contributed by atoms with van der Waals surface area (Å²) in [6.07, 6.45) is 0.670. The number of aromatic nitrogens is 2. The maximum Gasteiger partial charge on any atom is 0.301 e. The number of thioether (sulfide) groups is 1. The summed E-state index contributed by atoms with van der Waals surface area (Å²) in [6.45, 7) is 2.30. The number of hydrogen-bond acceptors (Lipinski definition) is 9. The van der Waals surface area contributed by atoms with Crippen molar-refractivity contribution in [2.45, 2.75) is 42.2 Å². The highest BCUT2D eigenvalue weighted by Gasteiger charge is 2.48. The maximum atomic E-state index is 13.8. The molecule has 8 nitrogen and oxygen atoms in total. The third kappa shape index (κ3) is 6.53. The fourth-order valence-electron chi connectivity index (χ4n) is 5.72. The van der Waals surface area contributed by atoms with Crippen LogP contribution in [-0.4, -0.2) is 33.1 Å². The molecule has 1 saturated heterocycles. The Balaban J connectivity index is 1.25. The summed E-state index contributed by atoms with van der Waals surface area (Å²) in [4.78, 5) is 28.9. The standard InChI is InChI=1S/C36H27Cl2N3O5S2/c1-20-14-25-15-23(11-13-29(25)46-20)32(42)30-31(22-8-5-9-27(16-22)45-18-21-6-3-2-4-7-21)41(34(44)33(30)43)35-39-40-36(48-35)47-19-24-10-12-26(37)17-28(24)38/h2-13,15-17,20,31,42H,14,18-19H2,1H3/t20-,31-/m0/s1. The Morgan fingerprint density at radius 2 is 1.85 bits per heavy atom. The highest BCUT2D eigenvalue weighted by atomic mass is 35.5. The number of aliphatic hydroxyl groups is 1. The van der Waals surface area contributed by atoms with Crippen LogP contribution in [0.15, 0.2) is 101 Å². The van der Waals surface area contributed by atoms with E-state index < -0.39 is 17.7 Å². The number of benzene rings is 4. The van der Waals surface area contributed by atoms with Crippen LogP contribution in [0.3, 0.4) is 0 Å². The molecular formula is C36H27Cl2N3O5S2. The molecule has 0 aliphatic carbocycles. The fourth-order valence-corrected chi connectivity index (χ4v) is 8.15. The van der Waals surface area contributed by atoms with Crippen molar-refractivity contribution in [3.63, 3.8) is 0 Å². The van der Waals surface area contributed by atoms with Gasteiger partial charge in [-0.25, -0.2) is 0 Å². The second kappa shape index (κ2) is 13.6. The molecule has 12 heteroatoms. The first-order valence-corrected chi connectivity index (χ1v) is 17.6. The molecule has 0 spiro atoms. The number of ether oxygens (including phenoxy) is 2. The number of hydrogen-bond donors (Lipinski definition) is 1. The highest BCUT2D eigenvalue weighted by Crippen LogP contribution is 2.45. The van der Waals surface area contributed by atoms with E-state index in [1.807, 2.05) is 49.4 Å². The average Bonchev–Trinajstić information content (AvgIpc) is 3.78. The van der Waals surface area contributed by atoms with Gasteiger partial charge in [0, 0.05) is 27.8 Å². The minimum absolute atomic E-state index is 0.00166. The predicted molar refractivity (Wildman–Crippen MR) is 188 cm³/mol. The van der Waals surface area contributed by atoms with E-state index in [4.69, 9.17) is 32.7 Å². The lowest BCUT2D eigenvalue weighted by Crippen LogP contribution is -2.29. The van der Waals surface area contributed by atoms with E-state index in [9.17, 15) is 14.7 Å². The predicted octanol–water partition coefficient (Wildman–Crippen LogP) is 8.67. The van der Waals surface area contributed by atoms with Crippen LogP contribution in [0.5, 0.6) is 11.5 Å². The van der Waals surface area contributed by atoms with Gasteiger partial charge in [-0.05, 0) is 71.6 Å². The number of Topliss-reactive ketones (excluding diaryl/α,β-unsaturated/α-hetero) is 1. The van der Waals surface area contributed by atoms with Gasteiger partial charge < -0.3 is 14.6 Å². The molecule has 242 valence electrons. The third-order valence-corrected chi connectivity index (χ3v) is 10.7. The molecule has 4 aromatic carbocycles. The minimum atomic E-state index is -0.995. The smallest absolute Gasteiger partial charge is 0.301 e. The molecule has 7 rings (SSSR count). The van der Waals surface area contributed by atoms with E-state index in [0.717, 1.165) is 22.4 Å². The number of aliphatic hydroxyl groups excluding tert-OH is 1. The number of anilines is 1. The van der Waals surface area contributed by atoms with Crippen molar-refractivity contribution in [2.24, 2.45) is 0 Å². The first-order valence-electron chi connectivity index (χ1n) is 15.0. The lowest BCUT2D eigenvalue weighted by molar-refractivity contribution is -0.132. The van der Waals surface area contributed by atoms with Gasteiger partial charge in [-0.15, -0.1) is 10.2 Å². The van der Waals surface area contributed by atoms with Crippen LogP contribution in [0.4, 0.5) is 5.13 Å². The zero-order valence-corrected chi connectivity index (χ0v) is 28.6. The van der Waals surface area contributed by atoms with Gasteiger partial charge in [-0.3, -0.25) is 14.5 Å². The molecule has 0 saturated carbocycles. The van der Waals surface area contributed by atoms with Crippen molar-refractivity contribution >= 4 is 68.9 Å². The van der Waals surface area contributed by atoms with Crippen molar-refractivity contribution < 1.29 is 24.2 Å². The molecule has 1 aromatic heterocycles. The van der Waals surface area contributed by atoms with E-state index in [0.29, 0.717) is 50.0 Å². The number of nitrogens with zero attached hydrogens (tertiary/aromatic N) is 3. The summed E-state index contributed by atoms with van der Waals surface area (Å²) in [7, 11) is 0.